The summed E-state index contributed by atoms with van der Waals surface area (Å²) in [6.07, 6.45) is 0.761. The Bertz CT molecular complexity index is 581. The number of esters is 1. The number of halogens is 2. The number of benzene rings is 1. The molecule has 0 atom stereocenters. The van der Waals surface area contributed by atoms with E-state index in [1.165, 1.54) is 24.3 Å². The second-order valence-corrected chi connectivity index (χ2v) is 4.58. The Kier molecular flexibility index (Phi) is 8.17. The van der Waals surface area contributed by atoms with Crippen LogP contribution >= 0.6 is 0 Å². The fraction of sp³-hybridized carbons (Fsp3) is 0.400. The van der Waals surface area contributed by atoms with Crippen LogP contribution in [0.4, 0.5) is 8.78 Å². The highest BCUT2D eigenvalue weighted by molar-refractivity contribution is 5.94. The van der Waals surface area contributed by atoms with Gasteiger partial charge in [0.2, 0.25) is 5.91 Å². The molecule has 7 nitrogen and oxygen atoms in total. The normalized spacial score (nSPS) is 10.2. The van der Waals surface area contributed by atoms with Gasteiger partial charge in [-0.25, -0.2) is 4.79 Å². The van der Waals surface area contributed by atoms with Gasteiger partial charge in [0.1, 0.15) is 11.3 Å². The maximum atomic E-state index is 12.3. The van der Waals surface area contributed by atoms with Gasteiger partial charge < -0.3 is 20.1 Å². The van der Waals surface area contributed by atoms with E-state index in [2.05, 4.69) is 15.4 Å². The Morgan fingerprint density at radius 1 is 1.12 bits per heavy atom. The van der Waals surface area contributed by atoms with E-state index in [4.69, 9.17) is 4.74 Å². The molecule has 24 heavy (non-hydrogen) atoms. The Hall–Kier alpha value is -2.71. The van der Waals surface area contributed by atoms with Crippen LogP contribution in [0, 0.1) is 0 Å². The maximum Gasteiger partial charge on any atom is 0.387 e. The molecule has 0 aliphatic rings. The molecule has 9 heteroatoms. The topological polar surface area (TPSA) is 93.7 Å². The van der Waals surface area contributed by atoms with Crippen LogP contribution in [0.3, 0.4) is 0 Å². The second kappa shape index (κ2) is 10.1. The van der Waals surface area contributed by atoms with Crippen molar-refractivity contribution in [3.63, 3.8) is 0 Å². The number of para-hydroxylation sites is 1. The summed E-state index contributed by atoms with van der Waals surface area (Å²) in [5.74, 6) is -2.40. The SMILES string of the molecule is CCCNC(=O)CNC(=O)COC(=O)c1ccccc1OC(F)F. The van der Waals surface area contributed by atoms with Crippen molar-refractivity contribution in [1.82, 2.24) is 10.6 Å². The average molecular weight is 344 g/mol. The van der Waals surface area contributed by atoms with Crippen LogP contribution in [-0.2, 0) is 14.3 Å². The zero-order valence-corrected chi connectivity index (χ0v) is 13.0. The molecule has 1 aromatic carbocycles. The van der Waals surface area contributed by atoms with Gasteiger partial charge in [-0.2, -0.15) is 8.78 Å². The second-order valence-electron chi connectivity index (χ2n) is 4.58. The smallest absolute Gasteiger partial charge is 0.387 e. The monoisotopic (exact) mass is 344 g/mol. The van der Waals surface area contributed by atoms with Crippen molar-refractivity contribution in [3.8, 4) is 5.75 Å². The molecule has 0 saturated carbocycles. The molecule has 0 saturated heterocycles. The first-order valence-corrected chi connectivity index (χ1v) is 7.18. The lowest BCUT2D eigenvalue weighted by atomic mass is 10.2. The number of amides is 2. The summed E-state index contributed by atoms with van der Waals surface area (Å²) < 4.78 is 33.5. The molecule has 0 aliphatic heterocycles. The number of carbonyl (C=O) groups excluding carboxylic acids is 3. The molecular formula is C15H18F2N2O5. The summed E-state index contributed by atoms with van der Waals surface area (Å²) in [5.41, 5.74) is -0.230. The quantitative estimate of drug-likeness (QED) is 0.654. The lowest BCUT2D eigenvalue weighted by Crippen LogP contribution is -2.38. The van der Waals surface area contributed by atoms with E-state index in [1.807, 2.05) is 6.92 Å². The van der Waals surface area contributed by atoms with Crippen LogP contribution in [0.1, 0.15) is 23.7 Å². The van der Waals surface area contributed by atoms with Crippen LogP contribution in [0.25, 0.3) is 0 Å². The van der Waals surface area contributed by atoms with E-state index in [-0.39, 0.29) is 23.8 Å². The Morgan fingerprint density at radius 3 is 2.50 bits per heavy atom. The summed E-state index contributed by atoms with van der Waals surface area (Å²) in [7, 11) is 0. The molecule has 1 aromatic rings. The number of carbonyl (C=O) groups is 3. The minimum Gasteiger partial charge on any atom is -0.452 e. The molecule has 2 amide bonds. The predicted molar refractivity (Wildman–Crippen MR) is 79.7 cm³/mol. The highest BCUT2D eigenvalue weighted by Crippen LogP contribution is 2.20. The summed E-state index contributed by atoms with van der Waals surface area (Å²) >= 11 is 0. The first-order chi connectivity index (χ1) is 11.4. The number of hydrogen-bond donors (Lipinski definition) is 2. The van der Waals surface area contributed by atoms with Gasteiger partial charge in [0.05, 0.1) is 6.54 Å². The highest BCUT2D eigenvalue weighted by atomic mass is 19.3. The molecule has 0 aromatic heterocycles. The number of rotatable bonds is 9. The third kappa shape index (κ3) is 7.03. The highest BCUT2D eigenvalue weighted by Gasteiger charge is 2.17. The van der Waals surface area contributed by atoms with Crippen molar-refractivity contribution in [3.05, 3.63) is 29.8 Å². The zero-order chi connectivity index (χ0) is 17.9. The molecule has 0 aliphatic carbocycles. The van der Waals surface area contributed by atoms with Gasteiger partial charge in [-0.1, -0.05) is 19.1 Å². The number of hydrogen-bond acceptors (Lipinski definition) is 5. The Balaban J connectivity index is 2.46. The first kappa shape index (κ1) is 19.3. The van der Waals surface area contributed by atoms with Gasteiger partial charge in [0.25, 0.3) is 5.91 Å². The van der Waals surface area contributed by atoms with Crippen LogP contribution < -0.4 is 15.4 Å². The van der Waals surface area contributed by atoms with Crippen LogP contribution in [0.5, 0.6) is 5.75 Å². The fourth-order valence-corrected chi connectivity index (χ4v) is 1.60. The van der Waals surface area contributed by atoms with Gasteiger partial charge in [-0.15, -0.1) is 0 Å². The molecule has 0 heterocycles. The summed E-state index contributed by atoms with van der Waals surface area (Å²) in [6, 6.07) is 5.26. The standard InChI is InChI=1S/C15H18F2N2O5/c1-2-7-18-12(20)8-19-13(21)9-23-14(22)10-5-3-4-6-11(10)24-15(16)17/h3-6,15H,2,7-9H2,1H3,(H,18,20)(H,19,21). The van der Waals surface area contributed by atoms with E-state index >= 15 is 0 Å². The summed E-state index contributed by atoms with van der Waals surface area (Å²) in [6.45, 7) is -1.62. The Morgan fingerprint density at radius 2 is 1.83 bits per heavy atom. The van der Waals surface area contributed by atoms with E-state index in [9.17, 15) is 23.2 Å². The molecule has 0 radical (unpaired) electrons. The molecule has 0 bridgehead atoms. The number of nitrogens with one attached hydrogen (secondary N) is 2. The summed E-state index contributed by atoms with van der Waals surface area (Å²) in [5, 5.41) is 4.82. The maximum absolute atomic E-state index is 12.3. The zero-order valence-electron chi connectivity index (χ0n) is 13.0. The van der Waals surface area contributed by atoms with Crippen molar-refractivity contribution in [2.24, 2.45) is 0 Å². The van der Waals surface area contributed by atoms with Gasteiger partial charge in [-0.05, 0) is 18.6 Å². The van der Waals surface area contributed by atoms with Crippen molar-refractivity contribution in [2.45, 2.75) is 20.0 Å². The molecule has 1 rings (SSSR count). The number of ether oxygens (including phenoxy) is 2. The fourth-order valence-electron chi connectivity index (χ4n) is 1.60. The van der Waals surface area contributed by atoms with Crippen molar-refractivity contribution >= 4 is 17.8 Å². The van der Waals surface area contributed by atoms with Gasteiger partial charge in [0.15, 0.2) is 6.61 Å². The van der Waals surface area contributed by atoms with Crippen molar-refractivity contribution < 1.29 is 32.6 Å². The molecular weight excluding hydrogens is 326 g/mol. The molecule has 0 spiro atoms. The van der Waals surface area contributed by atoms with Crippen molar-refractivity contribution in [1.29, 1.82) is 0 Å². The van der Waals surface area contributed by atoms with E-state index in [0.29, 0.717) is 6.54 Å². The van der Waals surface area contributed by atoms with E-state index in [0.717, 1.165) is 6.42 Å². The predicted octanol–water partition coefficient (Wildman–Crippen LogP) is 1.09. The van der Waals surface area contributed by atoms with Gasteiger partial charge >= 0.3 is 12.6 Å². The number of alkyl halides is 2. The van der Waals surface area contributed by atoms with Crippen molar-refractivity contribution in [2.75, 3.05) is 19.7 Å². The largest absolute Gasteiger partial charge is 0.452 e. The van der Waals surface area contributed by atoms with Gasteiger partial charge in [-0.3, -0.25) is 9.59 Å². The third-order valence-corrected chi connectivity index (χ3v) is 2.68. The lowest BCUT2D eigenvalue weighted by molar-refractivity contribution is -0.127. The van der Waals surface area contributed by atoms with Crippen LogP contribution in [0.2, 0.25) is 0 Å². The minimum absolute atomic E-state index is 0.230. The summed E-state index contributed by atoms with van der Waals surface area (Å²) in [4.78, 5) is 34.6. The Labute approximate surface area is 137 Å². The lowest BCUT2D eigenvalue weighted by Gasteiger charge is -2.10. The minimum atomic E-state index is -3.09. The molecule has 132 valence electrons. The van der Waals surface area contributed by atoms with Crippen LogP contribution in [-0.4, -0.2) is 44.1 Å². The third-order valence-electron chi connectivity index (χ3n) is 2.68. The van der Waals surface area contributed by atoms with Crippen LogP contribution in [0.15, 0.2) is 24.3 Å². The molecule has 0 unspecified atom stereocenters. The first-order valence-electron chi connectivity index (χ1n) is 7.18. The van der Waals surface area contributed by atoms with Gasteiger partial charge in [0, 0.05) is 6.54 Å². The average Bonchev–Trinajstić information content (AvgIpc) is 2.55. The van der Waals surface area contributed by atoms with E-state index < -0.39 is 25.1 Å². The van der Waals surface area contributed by atoms with E-state index in [1.54, 1.807) is 0 Å². The molecule has 0 fully saturated rings. The molecule has 2 N–H and O–H groups in total.